The first kappa shape index (κ1) is 10.2. The van der Waals surface area contributed by atoms with Gasteiger partial charge >= 0.3 is 0 Å². The normalized spacial score (nSPS) is 10.5. The van der Waals surface area contributed by atoms with Crippen molar-refractivity contribution >= 4 is 11.3 Å². The van der Waals surface area contributed by atoms with Gasteiger partial charge in [-0.15, -0.1) is 10.2 Å². The van der Waals surface area contributed by atoms with Gasteiger partial charge in [-0.2, -0.15) is 0 Å². The van der Waals surface area contributed by atoms with Crippen molar-refractivity contribution in [2.75, 3.05) is 7.11 Å². The Morgan fingerprint density at radius 2 is 2.13 bits per heavy atom. The molecule has 1 aromatic carbocycles. The van der Waals surface area contributed by atoms with Gasteiger partial charge in [-0.1, -0.05) is 23.5 Å². The molecule has 0 N–H and O–H groups in total. The lowest BCUT2D eigenvalue weighted by Gasteiger charge is -1.95. The minimum Gasteiger partial charge on any atom is -0.377 e. The molecule has 0 unspecified atom stereocenters. The average Bonchev–Trinajstić information content (AvgIpc) is 2.68. The van der Waals surface area contributed by atoms with E-state index >= 15 is 0 Å². The maximum Gasteiger partial charge on any atom is 0.150 e. The molecule has 1 aromatic heterocycles. The first-order chi connectivity index (χ1) is 7.31. The molecule has 0 saturated heterocycles. The van der Waals surface area contributed by atoms with E-state index in [0.29, 0.717) is 17.2 Å². The Morgan fingerprint density at radius 1 is 1.33 bits per heavy atom. The zero-order chi connectivity index (χ0) is 10.7. The van der Waals surface area contributed by atoms with Crippen LogP contribution in [0.2, 0.25) is 0 Å². The van der Waals surface area contributed by atoms with Crippen LogP contribution in [0.5, 0.6) is 0 Å². The lowest BCUT2D eigenvalue weighted by molar-refractivity contribution is 0.184. The fraction of sp³-hybridized carbons (Fsp3) is 0.200. The number of aromatic nitrogens is 2. The second kappa shape index (κ2) is 4.46. The fourth-order valence-corrected chi connectivity index (χ4v) is 2.02. The van der Waals surface area contributed by atoms with Crippen molar-refractivity contribution in [2.24, 2.45) is 0 Å². The number of benzene rings is 1. The van der Waals surface area contributed by atoms with Crippen LogP contribution in [0.15, 0.2) is 24.3 Å². The quantitative estimate of drug-likeness (QED) is 0.803. The van der Waals surface area contributed by atoms with Gasteiger partial charge in [0.05, 0.1) is 6.61 Å². The van der Waals surface area contributed by atoms with Crippen LogP contribution in [0.3, 0.4) is 0 Å². The second-order valence-corrected chi connectivity index (χ2v) is 3.98. The van der Waals surface area contributed by atoms with Crippen LogP contribution in [0.4, 0.5) is 4.39 Å². The van der Waals surface area contributed by atoms with E-state index in [1.807, 2.05) is 0 Å². The Bertz CT molecular complexity index is 458. The molecule has 0 amide bonds. The van der Waals surface area contributed by atoms with Gasteiger partial charge in [-0.3, -0.25) is 0 Å². The maximum absolute atomic E-state index is 13.4. The maximum atomic E-state index is 13.4. The van der Waals surface area contributed by atoms with Crippen LogP contribution < -0.4 is 0 Å². The standard InChI is InChI=1S/C10H9FN2OS/c1-14-6-9-12-13-10(15-9)7-4-2-3-5-8(7)11/h2-5H,6H2,1H3. The molecule has 78 valence electrons. The smallest absolute Gasteiger partial charge is 0.150 e. The van der Waals surface area contributed by atoms with Gasteiger partial charge in [0.25, 0.3) is 0 Å². The molecular formula is C10H9FN2OS. The van der Waals surface area contributed by atoms with Gasteiger partial charge in [0.15, 0.2) is 5.01 Å². The summed E-state index contributed by atoms with van der Waals surface area (Å²) in [7, 11) is 1.59. The SMILES string of the molecule is COCc1nnc(-c2ccccc2F)s1. The molecule has 0 atom stereocenters. The summed E-state index contributed by atoms with van der Waals surface area (Å²) in [5.41, 5.74) is 0.484. The predicted molar refractivity (Wildman–Crippen MR) is 56.0 cm³/mol. The van der Waals surface area contributed by atoms with E-state index < -0.39 is 0 Å². The number of nitrogens with zero attached hydrogens (tertiary/aromatic N) is 2. The Hall–Kier alpha value is -1.33. The summed E-state index contributed by atoms with van der Waals surface area (Å²) in [5, 5.41) is 9.14. The minimum atomic E-state index is -0.280. The van der Waals surface area contributed by atoms with E-state index in [2.05, 4.69) is 10.2 Å². The van der Waals surface area contributed by atoms with Crippen LogP contribution in [0.1, 0.15) is 5.01 Å². The molecule has 15 heavy (non-hydrogen) atoms. The first-order valence-electron chi connectivity index (χ1n) is 4.37. The van der Waals surface area contributed by atoms with Crippen molar-refractivity contribution in [2.45, 2.75) is 6.61 Å². The number of rotatable bonds is 3. The summed E-state index contributed by atoms with van der Waals surface area (Å²) in [5.74, 6) is -0.280. The summed E-state index contributed by atoms with van der Waals surface area (Å²) in [6.45, 7) is 0.409. The van der Waals surface area contributed by atoms with Crippen molar-refractivity contribution in [1.29, 1.82) is 0 Å². The number of halogens is 1. The molecule has 0 radical (unpaired) electrons. The van der Waals surface area contributed by atoms with Gasteiger partial charge in [-0.05, 0) is 12.1 Å². The van der Waals surface area contributed by atoms with Crippen molar-refractivity contribution in [3.63, 3.8) is 0 Å². The van der Waals surface area contributed by atoms with Crippen molar-refractivity contribution in [3.8, 4) is 10.6 Å². The van der Waals surface area contributed by atoms with Gasteiger partial charge < -0.3 is 4.74 Å². The van der Waals surface area contributed by atoms with Gasteiger partial charge in [0, 0.05) is 12.7 Å². The molecule has 0 spiro atoms. The zero-order valence-electron chi connectivity index (χ0n) is 8.11. The van der Waals surface area contributed by atoms with Crippen molar-refractivity contribution in [1.82, 2.24) is 10.2 Å². The highest BCUT2D eigenvalue weighted by molar-refractivity contribution is 7.14. The molecule has 3 nitrogen and oxygen atoms in total. The lowest BCUT2D eigenvalue weighted by atomic mass is 10.2. The van der Waals surface area contributed by atoms with Crippen molar-refractivity contribution in [3.05, 3.63) is 35.1 Å². The number of ether oxygens (including phenoxy) is 1. The predicted octanol–water partition coefficient (Wildman–Crippen LogP) is 2.49. The highest BCUT2D eigenvalue weighted by atomic mass is 32.1. The summed E-state index contributed by atoms with van der Waals surface area (Å²) >= 11 is 1.34. The summed E-state index contributed by atoms with van der Waals surface area (Å²) in [6.07, 6.45) is 0. The Morgan fingerprint density at radius 3 is 2.87 bits per heavy atom. The highest BCUT2D eigenvalue weighted by Gasteiger charge is 2.09. The second-order valence-electron chi connectivity index (χ2n) is 2.91. The Kier molecular flexibility index (Phi) is 3.03. The van der Waals surface area contributed by atoms with Crippen LogP contribution in [-0.4, -0.2) is 17.3 Å². The Labute approximate surface area is 90.5 Å². The van der Waals surface area contributed by atoms with Crippen LogP contribution in [0.25, 0.3) is 10.6 Å². The molecule has 0 aliphatic carbocycles. The number of hydrogen-bond acceptors (Lipinski definition) is 4. The molecule has 0 bridgehead atoms. The molecule has 2 rings (SSSR count). The minimum absolute atomic E-state index is 0.280. The topological polar surface area (TPSA) is 35.0 Å². The van der Waals surface area contributed by atoms with Gasteiger partial charge in [0.1, 0.15) is 10.8 Å². The lowest BCUT2D eigenvalue weighted by Crippen LogP contribution is -1.84. The first-order valence-corrected chi connectivity index (χ1v) is 5.19. The summed E-state index contributed by atoms with van der Waals surface area (Å²) in [6, 6.07) is 6.52. The van der Waals surface area contributed by atoms with E-state index in [1.54, 1.807) is 25.3 Å². The third-order valence-corrected chi connectivity index (χ3v) is 2.77. The largest absolute Gasteiger partial charge is 0.377 e. The molecule has 0 fully saturated rings. The van der Waals surface area contributed by atoms with E-state index in [1.165, 1.54) is 17.4 Å². The van der Waals surface area contributed by atoms with Crippen LogP contribution >= 0.6 is 11.3 Å². The molecular weight excluding hydrogens is 215 g/mol. The fourth-order valence-electron chi connectivity index (χ4n) is 1.18. The van der Waals surface area contributed by atoms with E-state index in [9.17, 15) is 4.39 Å². The van der Waals surface area contributed by atoms with Gasteiger partial charge in [-0.25, -0.2) is 4.39 Å². The van der Waals surface area contributed by atoms with Crippen LogP contribution in [-0.2, 0) is 11.3 Å². The van der Waals surface area contributed by atoms with E-state index in [-0.39, 0.29) is 5.82 Å². The highest BCUT2D eigenvalue weighted by Crippen LogP contribution is 2.25. The molecule has 0 aliphatic heterocycles. The Balaban J connectivity index is 2.33. The van der Waals surface area contributed by atoms with E-state index in [0.717, 1.165) is 5.01 Å². The number of methoxy groups -OCH3 is 1. The number of hydrogen-bond donors (Lipinski definition) is 0. The van der Waals surface area contributed by atoms with Gasteiger partial charge in [0.2, 0.25) is 0 Å². The summed E-state index contributed by atoms with van der Waals surface area (Å²) in [4.78, 5) is 0. The van der Waals surface area contributed by atoms with Crippen LogP contribution in [0, 0.1) is 5.82 Å². The molecule has 0 saturated carbocycles. The summed E-state index contributed by atoms with van der Waals surface area (Å²) < 4.78 is 18.3. The molecule has 2 aromatic rings. The zero-order valence-corrected chi connectivity index (χ0v) is 8.92. The average molecular weight is 224 g/mol. The third kappa shape index (κ3) is 2.19. The molecule has 1 heterocycles. The van der Waals surface area contributed by atoms with Crippen molar-refractivity contribution < 1.29 is 9.13 Å². The molecule has 0 aliphatic rings. The molecule has 5 heteroatoms. The monoisotopic (exact) mass is 224 g/mol. The third-order valence-electron chi connectivity index (χ3n) is 1.84. The van der Waals surface area contributed by atoms with E-state index in [4.69, 9.17) is 4.74 Å².